The predicted octanol–water partition coefficient (Wildman–Crippen LogP) is 0.919. The van der Waals surface area contributed by atoms with Crippen LogP contribution in [0.25, 0.3) is 5.95 Å². The third-order valence-corrected chi connectivity index (χ3v) is 2.92. The second-order valence-electron chi connectivity index (χ2n) is 4.78. The number of hydrogen-bond acceptors (Lipinski definition) is 7. The summed E-state index contributed by atoms with van der Waals surface area (Å²) in [5, 5.41) is 15.2. The highest BCUT2D eigenvalue weighted by Crippen LogP contribution is 2.10. The molecule has 21 heavy (non-hydrogen) atoms. The molecule has 0 bridgehead atoms. The lowest BCUT2D eigenvalue weighted by Crippen LogP contribution is -2.17. The Labute approximate surface area is 123 Å². The number of nitrogens with zero attached hydrogens (tertiary/aromatic N) is 5. The number of anilines is 2. The van der Waals surface area contributed by atoms with E-state index in [1.54, 1.807) is 23.3 Å². The van der Waals surface area contributed by atoms with Crippen molar-refractivity contribution in [2.45, 2.75) is 20.3 Å². The van der Waals surface area contributed by atoms with Gasteiger partial charge in [0, 0.05) is 32.1 Å². The van der Waals surface area contributed by atoms with Gasteiger partial charge in [0.1, 0.15) is 6.33 Å². The van der Waals surface area contributed by atoms with Crippen LogP contribution >= 0.6 is 0 Å². The topological polar surface area (TPSA) is 101 Å². The van der Waals surface area contributed by atoms with E-state index in [1.807, 2.05) is 6.92 Å². The fourth-order valence-corrected chi connectivity index (χ4v) is 1.76. The van der Waals surface area contributed by atoms with Gasteiger partial charge in [0.25, 0.3) is 0 Å². The first kappa shape index (κ1) is 15.2. The zero-order valence-corrected chi connectivity index (χ0v) is 12.3. The van der Waals surface area contributed by atoms with Crippen molar-refractivity contribution in [2.24, 2.45) is 5.92 Å². The third-order valence-electron chi connectivity index (χ3n) is 2.92. The molecule has 1 atom stereocenters. The van der Waals surface area contributed by atoms with Gasteiger partial charge in [-0.1, -0.05) is 6.92 Å². The Morgan fingerprint density at radius 3 is 2.62 bits per heavy atom. The second-order valence-corrected chi connectivity index (χ2v) is 4.78. The van der Waals surface area contributed by atoms with Crippen LogP contribution in [0.2, 0.25) is 0 Å². The monoisotopic (exact) mass is 291 g/mol. The Morgan fingerprint density at radius 2 is 2.00 bits per heavy atom. The van der Waals surface area contributed by atoms with Gasteiger partial charge >= 0.3 is 0 Å². The number of aromatic nitrogens is 5. The molecule has 2 heterocycles. The van der Waals surface area contributed by atoms with Crippen LogP contribution in [0.5, 0.6) is 0 Å². The van der Waals surface area contributed by atoms with E-state index < -0.39 is 0 Å². The van der Waals surface area contributed by atoms with Gasteiger partial charge in [0.15, 0.2) is 0 Å². The van der Waals surface area contributed by atoms with Crippen molar-refractivity contribution < 1.29 is 5.11 Å². The van der Waals surface area contributed by atoms with Crippen molar-refractivity contribution in [1.82, 2.24) is 24.5 Å². The van der Waals surface area contributed by atoms with Gasteiger partial charge < -0.3 is 15.7 Å². The highest BCUT2D eigenvalue weighted by molar-refractivity contribution is 5.37. The molecule has 0 saturated heterocycles. The highest BCUT2D eigenvalue weighted by atomic mass is 16.3. The number of hydrogen-bond donors (Lipinski definition) is 3. The van der Waals surface area contributed by atoms with Crippen LogP contribution in [0.4, 0.5) is 11.9 Å². The van der Waals surface area contributed by atoms with E-state index in [4.69, 9.17) is 5.11 Å². The number of imidazole rings is 1. The highest BCUT2D eigenvalue weighted by Gasteiger charge is 2.09. The first-order valence-corrected chi connectivity index (χ1v) is 7.06. The van der Waals surface area contributed by atoms with Gasteiger partial charge in [-0.15, -0.1) is 0 Å². The summed E-state index contributed by atoms with van der Waals surface area (Å²) in [6, 6.07) is 0. The minimum atomic E-state index is 0.184. The fourth-order valence-electron chi connectivity index (χ4n) is 1.76. The lowest BCUT2D eigenvalue weighted by Gasteiger charge is -2.12. The first-order valence-electron chi connectivity index (χ1n) is 7.06. The minimum absolute atomic E-state index is 0.184. The van der Waals surface area contributed by atoms with Crippen LogP contribution < -0.4 is 10.6 Å². The molecule has 0 amide bonds. The molecular weight excluding hydrogens is 270 g/mol. The van der Waals surface area contributed by atoms with Crippen molar-refractivity contribution in [3.05, 3.63) is 18.7 Å². The number of nitrogens with one attached hydrogen (secondary N) is 2. The van der Waals surface area contributed by atoms with Gasteiger partial charge in [-0.3, -0.25) is 4.57 Å². The zero-order chi connectivity index (χ0) is 15.1. The van der Waals surface area contributed by atoms with E-state index in [-0.39, 0.29) is 6.61 Å². The Bertz CT molecular complexity index is 543. The van der Waals surface area contributed by atoms with Gasteiger partial charge in [-0.05, 0) is 19.3 Å². The van der Waals surface area contributed by atoms with Crippen LogP contribution in [-0.2, 0) is 0 Å². The summed E-state index contributed by atoms with van der Waals surface area (Å²) in [4.78, 5) is 17.0. The molecule has 0 aliphatic rings. The molecule has 0 aliphatic heterocycles. The molecule has 3 N–H and O–H groups in total. The summed E-state index contributed by atoms with van der Waals surface area (Å²) in [6.45, 7) is 5.65. The summed E-state index contributed by atoms with van der Waals surface area (Å²) in [6.07, 6.45) is 5.84. The predicted molar refractivity (Wildman–Crippen MR) is 80.5 cm³/mol. The maximum atomic E-state index is 8.93. The molecule has 0 aliphatic carbocycles. The molecule has 0 radical (unpaired) electrons. The van der Waals surface area contributed by atoms with Gasteiger partial charge in [-0.2, -0.15) is 15.0 Å². The standard InChI is InChI=1S/C13H21N7O/c1-3-15-11-17-12(16-8-10(2)4-7-21)19-13(18-11)20-6-5-14-9-20/h5-6,9-10,21H,3-4,7-8H2,1-2H3,(H2,15,16,17,18,19). The van der Waals surface area contributed by atoms with E-state index in [0.717, 1.165) is 13.0 Å². The number of aliphatic hydroxyl groups excluding tert-OH is 1. The summed E-state index contributed by atoms with van der Waals surface area (Å²) in [5.74, 6) is 1.88. The molecule has 8 nitrogen and oxygen atoms in total. The maximum absolute atomic E-state index is 8.93. The molecule has 0 aromatic carbocycles. The lowest BCUT2D eigenvalue weighted by atomic mass is 10.1. The van der Waals surface area contributed by atoms with Crippen LogP contribution in [0, 0.1) is 5.92 Å². The third kappa shape index (κ3) is 4.38. The average molecular weight is 291 g/mol. The van der Waals surface area contributed by atoms with Crippen LogP contribution in [0.15, 0.2) is 18.7 Å². The van der Waals surface area contributed by atoms with Crippen molar-refractivity contribution in [3.63, 3.8) is 0 Å². The Morgan fingerprint density at radius 1 is 1.24 bits per heavy atom. The van der Waals surface area contributed by atoms with E-state index in [2.05, 4.69) is 37.5 Å². The molecule has 8 heteroatoms. The van der Waals surface area contributed by atoms with Crippen LogP contribution in [0.1, 0.15) is 20.3 Å². The van der Waals surface area contributed by atoms with Crippen molar-refractivity contribution in [1.29, 1.82) is 0 Å². The largest absolute Gasteiger partial charge is 0.396 e. The molecule has 114 valence electrons. The Kier molecular flexibility index (Phi) is 5.44. The molecule has 0 spiro atoms. The Balaban J connectivity index is 2.16. The van der Waals surface area contributed by atoms with E-state index >= 15 is 0 Å². The summed E-state index contributed by atoms with van der Waals surface area (Å²) >= 11 is 0. The lowest BCUT2D eigenvalue weighted by molar-refractivity contribution is 0.265. The fraction of sp³-hybridized carbons (Fsp3) is 0.538. The van der Waals surface area contributed by atoms with Gasteiger partial charge in [0.05, 0.1) is 0 Å². The molecule has 0 fully saturated rings. The Hall–Kier alpha value is -2.22. The summed E-state index contributed by atoms with van der Waals surface area (Å²) < 4.78 is 1.73. The van der Waals surface area contributed by atoms with Crippen LogP contribution in [-0.4, -0.2) is 49.3 Å². The second kappa shape index (κ2) is 7.53. The molecule has 1 unspecified atom stereocenters. The number of aliphatic hydroxyl groups is 1. The summed E-state index contributed by atoms with van der Waals surface area (Å²) in [5.41, 5.74) is 0. The SMILES string of the molecule is CCNc1nc(NCC(C)CCO)nc(-n2ccnc2)n1. The van der Waals surface area contributed by atoms with Crippen molar-refractivity contribution >= 4 is 11.9 Å². The van der Waals surface area contributed by atoms with Gasteiger partial charge in [0.2, 0.25) is 17.8 Å². The molecule has 0 saturated carbocycles. The van der Waals surface area contributed by atoms with Crippen molar-refractivity contribution in [2.75, 3.05) is 30.3 Å². The quantitative estimate of drug-likeness (QED) is 0.664. The summed E-state index contributed by atoms with van der Waals surface area (Å²) in [7, 11) is 0. The molecule has 2 rings (SSSR count). The maximum Gasteiger partial charge on any atom is 0.241 e. The van der Waals surface area contributed by atoms with Crippen LogP contribution in [0.3, 0.4) is 0 Å². The normalized spacial score (nSPS) is 12.1. The minimum Gasteiger partial charge on any atom is -0.396 e. The molecule has 2 aromatic heterocycles. The van der Waals surface area contributed by atoms with E-state index in [9.17, 15) is 0 Å². The van der Waals surface area contributed by atoms with Crippen molar-refractivity contribution in [3.8, 4) is 5.95 Å². The number of rotatable bonds is 8. The van der Waals surface area contributed by atoms with E-state index in [0.29, 0.717) is 30.3 Å². The average Bonchev–Trinajstić information content (AvgIpc) is 3.00. The van der Waals surface area contributed by atoms with Gasteiger partial charge in [-0.25, -0.2) is 4.98 Å². The van der Waals surface area contributed by atoms with E-state index in [1.165, 1.54) is 0 Å². The zero-order valence-electron chi connectivity index (χ0n) is 12.3. The molecular formula is C13H21N7O. The first-order chi connectivity index (χ1) is 10.2. The smallest absolute Gasteiger partial charge is 0.241 e. The molecule has 2 aromatic rings.